The topological polar surface area (TPSA) is 20.2 Å². The average Bonchev–Trinajstić information content (AvgIpc) is 2.46. The second-order valence-electron chi connectivity index (χ2n) is 5.05. The Balaban J connectivity index is 2.23. The van der Waals surface area contributed by atoms with E-state index in [1.165, 1.54) is 44.1 Å². The first kappa shape index (κ1) is 12.8. The summed E-state index contributed by atoms with van der Waals surface area (Å²) in [6, 6.07) is 0. The van der Waals surface area contributed by atoms with Crippen molar-refractivity contribution in [3.05, 3.63) is 12.2 Å². The normalized spacial score (nSPS) is 20.9. The summed E-state index contributed by atoms with van der Waals surface area (Å²) in [6.07, 6.45) is 10.9. The van der Waals surface area contributed by atoms with Crippen molar-refractivity contribution in [3.8, 4) is 0 Å². The van der Waals surface area contributed by atoms with Gasteiger partial charge in [-0.15, -0.1) is 0 Å². The van der Waals surface area contributed by atoms with Crippen molar-refractivity contribution >= 4 is 0 Å². The lowest BCUT2D eigenvalue weighted by molar-refractivity contribution is 0.137. The van der Waals surface area contributed by atoms with Gasteiger partial charge in [-0.3, -0.25) is 0 Å². The molecule has 0 saturated heterocycles. The van der Waals surface area contributed by atoms with Crippen LogP contribution in [-0.4, -0.2) is 11.2 Å². The molecule has 1 heteroatoms. The Kier molecular flexibility index (Phi) is 6.00. The molecule has 1 nitrogen and oxygen atoms in total. The van der Waals surface area contributed by atoms with Crippen LogP contribution in [0, 0.1) is 5.92 Å². The Labute approximate surface area is 94.6 Å². The summed E-state index contributed by atoms with van der Waals surface area (Å²) in [5.74, 6) is 0.771. The monoisotopic (exact) mass is 210 g/mol. The third-order valence-electron chi connectivity index (χ3n) is 3.60. The van der Waals surface area contributed by atoms with E-state index in [1.54, 1.807) is 0 Å². The molecule has 0 amide bonds. The molecule has 1 fully saturated rings. The highest BCUT2D eigenvalue weighted by atomic mass is 16.3. The van der Waals surface area contributed by atoms with E-state index in [2.05, 4.69) is 13.5 Å². The van der Waals surface area contributed by atoms with Gasteiger partial charge in [-0.1, -0.05) is 57.6 Å². The van der Waals surface area contributed by atoms with Crippen molar-refractivity contribution in [1.29, 1.82) is 0 Å². The van der Waals surface area contributed by atoms with Crippen LogP contribution < -0.4 is 0 Å². The molecule has 0 spiro atoms. The third kappa shape index (κ3) is 5.36. The summed E-state index contributed by atoms with van der Waals surface area (Å²) in [7, 11) is 0. The summed E-state index contributed by atoms with van der Waals surface area (Å²) in [4.78, 5) is 0. The molecular formula is C14H26O. The second kappa shape index (κ2) is 7.05. The lowest BCUT2D eigenvalue weighted by Gasteiger charge is -2.18. The summed E-state index contributed by atoms with van der Waals surface area (Å²) in [5.41, 5.74) is 1.19. The zero-order valence-corrected chi connectivity index (χ0v) is 10.2. The van der Waals surface area contributed by atoms with Gasteiger partial charge in [0.05, 0.1) is 6.10 Å². The fraction of sp³-hybridized carbons (Fsp3) is 0.857. The van der Waals surface area contributed by atoms with E-state index in [4.69, 9.17) is 0 Å². The Morgan fingerprint density at radius 3 is 2.40 bits per heavy atom. The quantitative estimate of drug-likeness (QED) is 0.536. The number of hydrogen-bond donors (Lipinski definition) is 1. The van der Waals surface area contributed by atoms with E-state index in [0.29, 0.717) is 0 Å². The van der Waals surface area contributed by atoms with E-state index in [0.717, 1.165) is 25.2 Å². The maximum absolute atomic E-state index is 9.93. The van der Waals surface area contributed by atoms with Crippen molar-refractivity contribution in [3.63, 3.8) is 0 Å². The molecule has 0 aromatic carbocycles. The van der Waals surface area contributed by atoms with Gasteiger partial charge in [0.15, 0.2) is 0 Å². The second-order valence-corrected chi connectivity index (χ2v) is 5.05. The predicted octanol–water partition coefficient (Wildman–Crippen LogP) is 4.06. The Hall–Kier alpha value is -0.300. The van der Waals surface area contributed by atoms with Gasteiger partial charge in [0.1, 0.15) is 0 Å². The maximum atomic E-state index is 9.93. The number of hydrogen-bond acceptors (Lipinski definition) is 1. The van der Waals surface area contributed by atoms with E-state index >= 15 is 0 Å². The van der Waals surface area contributed by atoms with Crippen molar-refractivity contribution < 1.29 is 5.11 Å². The predicted molar refractivity (Wildman–Crippen MR) is 65.9 cm³/mol. The van der Waals surface area contributed by atoms with Crippen LogP contribution in [0.5, 0.6) is 0 Å². The molecule has 15 heavy (non-hydrogen) atoms. The van der Waals surface area contributed by atoms with E-state index in [1.807, 2.05) is 0 Å². The first-order chi connectivity index (χ1) is 7.22. The Bertz CT molecular complexity index is 178. The van der Waals surface area contributed by atoms with Gasteiger partial charge in [0, 0.05) is 0 Å². The zero-order valence-electron chi connectivity index (χ0n) is 10.2. The number of aliphatic hydroxyl groups excluding tert-OH is 1. The smallest absolute Gasteiger partial charge is 0.0579 e. The van der Waals surface area contributed by atoms with E-state index in [9.17, 15) is 5.11 Å². The van der Waals surface area contributed by atoms with Gasteiger partial charge in [-0.25, -0.2) is 0 Å². The molecule has 1 atom stereocenters. The molecular weight excluding hydrogens is 184 g/mol. The Morgan fingerprint density at radius 2 is 1.87 bits per heavy atom. The molecule has 0 radical (unpaired) electrons. The van der Waals surface area contributed by atoms with Crippen molar-refractivity contribution in [2.45, 2.75) is 70.8 Å². The van der Waals surface area contributed by atoms with E-state index < -0.39 is 0 Å². The average molecular weight is 210 g/mol. The summed E-state index contributed by atoms with van der Waals surface area (Å²) in [6.45, 7) is 6.08. The molecule has 1 aliphatic rings. The minimum Gasteiger partial charge on any atom is -0.393 e. The minimum atomic E-state index is -0.138. The first-order valence-corrected chi connectivity index (χ1v) is 6.57. The van der Waals surface area contributed by atoms with Crippen LogP contribution >= 0.6 is 0 Å². The molecule has 1 rings (SSSR count). The highest BCUT2D eigenvalue weighted by Crippen LogP contribution is 2.27. The highest BCUT2D eigenvalue weighted by molar-refractivity contribution is 4.94. The highest BCUT2D eigenvalue weighted by Gasteiger charge is 2.16. The number of rotatable bonds is 5. The molecule has 1 saturated carbocycles. The molecule has 0 aromatic heterocycles. The molecule has 0 heterocycles. The molecule has 1 N–H and O–H groups in total. The third-order valence-corrected chi connectivity index (χ3v) is 3.60. The van der Waals surface area contributed by atoms with Gasteiger partial charge in [0.2, 0.25) is 0 Å². The summed E-state index contributed by atoms with van der Waals surface area (Å²) >= 11 is 0. The molecule has 1 unspecified atom stereocenters. The van der Waals surface area contributed by atoms with Crippen LogP contribution in [0.2, 0.25) is 0 Å². The van der Waals surface area contributed by atoms with Crippen molar-refractivity contribution in [2.24, 2.45) is 5.92 Å². The molecule has 1 aliphatic carbocycles. The van der Waals surface area contributed by atoms with Crippen LogP contribution in [-0.2, 0) is 0 Å². The maximum Gasteiger partial charge on any atom is 0.0579 e. The van der Waals surface area contributed by atoms with E-state index in [-0.39, 0.29) is 6.10 Å². The van der Waals surface area contributed by atoms with Crippen molar-refractivity contribution in [2.75, 3.05) is 0 Å². The van der Waals surface area contributed by atoms with Gasteiger partial charge in [-0.05, 0) is 25.2 Å². The number of aliphatic hydroxyl groups is 1. The van der Waals surface area contributed by atoms with Gasteiger partial charge in [0.25, 0.3) is 0 Å². The largest absolute Gasteiger partial charge is 0.393 e. The van der Waals surface area contributed by atoms with Crippen LogP contribution in [0.4, 0.5) is 0 Å². The molecule has 0 aliphatic heterocycles. The fourth-order valence-corrected chi connectivity index (χ4v) is 2.55. The minimum absolute atomic E-state index is 0.138. The molecule has 0 aromatic rings. The van der Waals surface area contributed by atoms with Gasteiger partial charge >= 0.3 is 0 Å². The van der Waals surface area contributed by atoms with Gasteiger partial charge < -0.3 is 5.11 Å². The van der Waals surface area contributed by atoms with Crippen molar-refractivity contribution in [1.82, 2.24) is 0 Å². The van der Waals surface area contributed by atoms with Crippen LogP contribution in [0.15, 0.2) is 12.2 Å². The Morgan fingerprint density at radius 1 is 1.27 bits per heavy atom. The SMILES string of the molecule is C=C(CC)CC(O)CC1CCCCCC1. The van der Waals surface area contributed by atoms with Crippen LogP contribution in [0.3, 0.4) is 0 Å². The standard InChI is InChI=1S/C14H26O/c1-3-12(2)10-14(15)11-13-8-6-4-5-7-9-13/h13-15H,2-11H2,1H3. The van der Waals surface area contributed by atoms with Gasteiger partial charge in [-0.2, -0.15) is 0 Å². The van der Waals surface area contributed by atoms with Crippen LogP contribution in [0.25, 0.3) is 0 Å². The summed E-state index contributed by atoms with van der Waals surface area (Å²) < 4.78 is 0. The molecule has 88 valence electrons. The summed E-state index contributed by atoms with van der Waals surface area (Å²) in [5, 5.41) is 9.93. The molecule has 0 bridgehead atoms. The zero-order chi connectivity index (χ0) is 11.1. The lowest BCUT2D eigenvalue weighted by atomic mass is 9.91. The first-order valence-electron chi connectivity index (χ1n) is 6.57. The fourth-order valence-electron chi connectivity index (χ4n) is 2.55. The lowest BCUT2D eigenvalue weighted by Crippen LogP contribution is -2.14. The van der Waals surface area contributed by atoms with Crippen LogP contribution in [0.1, 0.15) is 64.7 Å².